The molecule has 2 aromatic carbocycles. The van der Waals surface area contributed by atoms with E-state index in [1.54, 1.807) is 0 Å². The maximum atomic E-state index is 12.5. The Morgan fingerprint density at radius 3 is 1.02 bits per heavy atom. The predicted octanol–water partition coefficient (Wildman–Crippen LogP) is 3.98. The van der Waals surface area contributed by atoms with Crippen molar-refractivity contribution < 1.29 is 77.5 Å². The largest absolute Gasteiger partial charge is 0.439 e. The van der Waals surface area contributed by atoms with Gasteiger partial charge in [-0.05, 0) is 27.7 Å². The molecule has 4 rings (SSSR count). The van der Waals surface area contributed by atoms with Gasteiger partial charge in [0.15, 0.2) is 0 Å². The lowest BCUT2D eigenvalue weighted by molar-refractivity contribution is -0.454. The topological polar surface area (TPSA) is 450 Å². The van der Waals surface area contributed by atoms with Gasteiger partial charge in [0.2, 0.25) is 22.7 Å². The number of benzene rings is 2. The maximum absolute atomic E-state index is 12.5. The van der Waals surface area contributed by atoms with Crippen molar-refractivity contribution in [3.63, 3.8) is 0 Å². The molecule has 4 unspecified atom stereocenters. The molecule has 2 aliphatic carbocycles. The van der Waals surface area contributed by atoms with E-state index >= 15 is 0 Å². The number of allylic oxidation sites excluding steroid dienone is 2. The Labute approximate surface area is 363 Å². The summed E-state index contributed by atoms with van der Waals surface area (Å²) >= 11 is 0. The molecule has 0 saturated heterocycles. The van der Waals surface area contributed by atoms with E-state index in [1.165, 1.54) is 13.8 Å². The molecule has 0 heterocycles. The third-order valence-electron chi connectivity index (χ3n) is 9.61. The van der Waals surface area contributed by atoms with Gasteiger partial charge < -0.3 is 18.9 Å². The van der Waals surface area contributed by atoms with Gasteiger partial charge in [-0.2, -0.15) is 0 Å². The number of hydrogen-bond donors (Lipinski definition) is 0. The number of hydrogen-bond acceptors (Lipinski definition) is 24. The fourth-order valence-electron chi connectivity index (χ4n) is 5.90. The molecule has 0 saturated carbocycles. The number of nitro groups is 8. The molecule has 2 aromatic rings. The number of non-ortho nitro benzene ring substituents is 2. The van der Waals surface area contributed by atoms with E-state index < -0.39 is 143 Å². The van der Waals surface area contributed by atoms with Crippen molar-refractivity contribution in [1.29, 1.82) is 0 Å². The summed E-state index contributed by atoms with van der Waals surface area (Å²) in [6, 6.07) is 2.72. The summed E-state index contributed by atoms with van der Waals surface area (Å²) < 4.78 is 19.4. The molecule has 0 bridgehead atoms. The zero-order valence-corrected chi connectivity index (χ0v) is 34.1. The Hall–Kier alpha value is -9.52. The number of nitro benzene ring substituents is 4. The van der Waals surface area contributed by atoms with Gasteiger partial charge in [-0.25, -0.2) is 19.2 Å². The van der Waals surface area contributed by atoms with Crippen LogP contribution in [0, 0.1) is 107 Å². The normalized spacial score (nSPS) is 19.5. The number of rotatable bonds is 12. The van der Waals surface area contributed by atoms with Gasteiger partial charge in [-0.3, -0.25) is 80.9 Å². The van der Waals surface area contributed by atoms with Gasteiger partial charge in [0.25, 0.3) is 34.2 Å². The molecule has 0 radical (unpaired) electrons. The second-order valence-corrected chi connectivity index (χ2v) is 13.9. The zero-order chi connectivity index (χ0) is 50.5. The molecule has 0 aliphatic heterocycles. The number of esters is 4. The minimum Gasteiger partial charge on any atom is -0.439 e. The minimum atomic E-state index is -2.13. The number of carbonyl (C=O) groups is 4. The molecule has 4 atom stereocenters. The molecule has 0 amide bonds. The molecule has 66 heavy (non-hydrogen) atoms. The van der Waals surface area contributed by atoms with Crippen molar-refractivity contribution in [3.8, 4) is 11.5 Å². The lowest BCUT2D eigenvalue weighted by Crippen LogP contribution is -2.49. The second kappa shape index (κ2) is 19.3. The SMILES string of the molecule is CC1C=C([N+](=O)[O-])C=C([N+](=O)[O-])C1(C)OC(=O)C(=O)OC1(C)C([N+](=O)[O-])=CC([N+](=O)[O-])=CC1C.Cc1cc([N+](=O)[O-])cc([N+](=O)[O-])c1OC(=O)C(=O)Oc1c(C)cc([N+](=O)[O-])cc1[N+](=O)[O-]. The number of ether oxygens (including phenoxy) is 4. The molecular weight excluding hydrogens is 904 g/mol. The van der Waals surface area contributed by atoms with Crippen LogP contribution in [0.15, 0.2) is 71.4 Å². The first-order chi connectivity index (χ1) is 30.4. The monoisotopic (exact) mass is 932 g/mol. The molecule has 32 nitrogen and oxygen atoms in total. The lowest BCUT2D eigenvalue weighted by atomic mass is 9.82. The molecule has 0 spiro atoms. The second-order valence-electron chi connectivity index (χ2n) is 13.9. The molecule has 0 N–H and O–H groups in total. The van der Waals surface area contributed by atoms with Crippen LogP contribution in [0.1, 0.15) is 38.8 Å². The summed E-state index contributed by atoms with van der Waals surface area (Å²) in [5, 5.41) is 89.1. The van der Waals surface area contributed by atoms with Gasteiger partial charge in [0.05, 0.1) is 63.7 Å². The highest BCUT2D eigenvalue weighted by atomic mass is 16.7. The summed E-state index contributed by atoms with van der Waals surface area (Å²) in [7, 11) is 0. The number of nitrogens with zero attached hydrogens (tertiary/aromatic N) is 8. The summed E-state index contributed by atoms with van der Waals surface area (Å²) in [5.41, 5.74) is -11.0. The minimum absolute atomic E-state index is 0.232. The Bertz CT molecular complexity index is 2520. The van der Waals surface area contributed by atoms with E-state index in [-0.39, 0.29) is 11.1 Å². The first-order valence-electron chi connectivity index (χ1n) is 17.6. The van der Waals surface area contributed by atoms with Crippen molar-refractivity contribution in [2.24, 2.45) is 11.8 Å². The van der Waals surface area contributed by atoms with Crippen molar-refractivity contribution in [1.82, 2.24) is 0 Å². The standard InChI is InChI=1S/C18H18N4O12.C16H10N4O12/c1-9-5-11(19(25)26)7-13(21(29)30)17(9,3)33-15(23)16(24)34-18(4)10(2)6-12(20(27)28)8-14(18)22(31)32;1-7-3-9(17(23)24)5-11(19(27)28)13(7)31-15(21)16(22)32-14-8(2)4-10(18(25)26)6-12(14)20(29)30/h5-10H,1-4H3;3-6H,1-2H3. The average molecular weight is 933 g/mol. The van der Waals surface area contributed by atoms with Crippen molar-refractivity contribution in [2.45, 2.75) is 52.7 Å². The molecular formula is C34H28N8O24. The van der Waals surface area contributed by atoms with Gasteiger partial charge in [0.1, 0.15) is 0 Å². The maximum Gasteiger partial charge on any atom is 0.423 e. The summed E-state index contributed by atoms with van der Waals surface area (Å²) in [6.45, 7) is 6.95. The van der Waals surface area contributed by atoms with Crippen LogP contribution in [0.3, 0.4) is 0 Å². The van der Waals surface area contributed by atoms with E-state index in [4.69, 9.17) is 9.47 Å². The lowest BCUT2D eigenvalue weighted by Gasteiger charge is -2.34. The van der Waals surface area contributed by atoms with Gasteiger partial charge in [-0.1, -0.05) is 13.8 Å². The highest BCUT2D eigenvalue weighted by molar-refractivity contribution is 6.31. The van der Waals surface area contributed by atoms with Crippen LogP contribution in [0.2, 0.25) is 0 Å². The van der Waals surface area contributed by atoms with Gasteiger partial charge in [-0.15, -0.1) is 0 Å². The van der Waals surface area contributed by atoms with Crippen LogP contribution in [0.25, 0.3) is 0 Å². The summed E-state index contributed by atoms with van der Waals surface area (Å²) in [5.74, 6) is -11.0. The third kappa shape index (κ3) is 10.7. The fourth-order valence-corrected chi connectivity index (χ4v) is 5.90. The van der Waals surface area contributed by atoms with Crippen LogP contribution in [-0.2, 0) is 28.7 Å². The quantitative estimate of drug-likeness (QED) is 0.0954. The fraction of sp³-hybridized carbons (Fsp3) is 0.294. The van der Waals surface area contributed by atoms with E-state index in [0.717, 1.165) is 52.0 Å². The molecule has 2 aliphatic rings. The Kier molecular flexibility index (Phi) is 14.8. The summed E-state index contributed by atoms with van der Waals surface area (Å²) in [6.07, 6.45) is 3.16. The van der Waals surface area contributed by atoms with Crippen LogP contribution in [0.4, 0.5) is 22.7 Å². The van der Waals surface area contributed by atoms with Gasteiger partial charge >= 0.3 is 35.3 Å². The average Bonchev–Trinajstić information content (AvgIpc) is 3.20. The van der Waals surface area contributed by atoms with Gasteiger partial charge in [0, 0.05) is 47.2 Å². The van der Waals surface area contributed by atoms with Crippen molar-refractivity contribution in [3.05, 3.63) is 163 Å². The van der Waals surface area contributed by atoms with Crippen LogP contribution >= 0.6 is 0 Å². The van der Waals surface area contributed by atoms with E-state index in [2.05, 4.69) is 9.47 Å². The third-order valence-corrected chi connectivity index (χ3v) is 9.61. The van der Waals surface area contributed by atoms with Crippen LogP contribution in [-0.4, -0.2) is 74.5 Å². The Balaban J connectivity index is 0.000000351. The first kappa shape index (κ1) is 50.8. The first-order valence-corrected chi connectivity index (χ1v) is 17.6. The van der Waals surface area contributed by atoms with E-state index in [0.29, 0.717) is 24.3 Å². The van der Waals surface area contributed by atoms with E-state index in [1.807, 2.05) is 0 Å². The van der Waals surface area contributed by atoms with Crippen molar-refractivity contribution in [2.75, 3.05) is 0 Å². The Morgan fingerprint density at radius 2 is 0.773 bits per heavy atom. The smallest absolute Gasteiger partial charge is 0.423 e. The van der Waals surface area contributed by atoms with Crippen LogP contribution < -0.4 is 9.47 Å². The molecule has 0 aromatic heterocycles. The molecule has 0 fully saturated rings. The highest BCUT2D eigenvalue weighted by Crippen LogP contribution is 2.40. The zero-order valence-electron chi connectivity index (χ0n) is 34.1. The van der Waals surface area contributed by atoms with Crippen LogP contribution in [0.5, 0.6) is 11.5 Å². The van der Waals surface area contributed by atoms with Crippen molar-refractivity contribution >= 4 is 46.6 Å². The Morgan fingerprint density at radius 1 is 0.470 bits per heavy atom. The highest BCUT2D eigenvalue weighted by Gasteiger charge is 2.54. The number of aryl methyl sites for hydroxylation is 2. The summed E-state index contributed by atoms with van der Waals surface area (Å²) in [4.78, 5) is 131. The van der Waals surface area contributed by atoms with E-state index in [9.17, 15) is 100 Å². The predicted molar refractivity (Wildman–Crippen MR) is 208 cm³/mol. The molecule has 348 valence electrons. The molecule has 32 heteroatoms. The number of carbonyl (C=O) groups excluding carboxylic acids is 4.